The molecule has 4 rings (SSSR count). The molecule has 0 spiro atoms. The smallest absolute Gasteiger partial charge is 0.497 e. The molecule has 0 fully saturated rings. The summed E-state index contributed by atoms with van der Waals surface area (Å²) in [6.45, 7) is 0. The van der Waals surface area contributed by atoms with Crippen LogP contribution in [-0.2, 0) is 20.5 Å². The number of likely N-dealkylation sites (N-methyl/N-ethyl adjacent to an activating group) is 1. The highest BCUT2D eigenvalue weighted by molar-refractivity contribution is 7.88. The first kappa shape index (κ1) is 27.8. The van der Waals surface area contributed by atoms with Crippen molar-refractivity contribution in [3.63, 3.8) is 0 Å². The summed E-state index contributed by atoms with van der Waals surface area (Å²) >= 11 is 0. The number of benzene rings is 3. The minimum atomic E-state index is -5.95. The average molecular weight is 556 g/mol. The van der Waals surface area contributed by atoms with E-state index in [-0.39, 0.29) is 35.2 Å². The van der Waals surface area contributed by atoms with Gasteiger partial charge in [0.2, 0.25) is 0 Å². The highest BCUT2D eigenvalue weighted by Gasteiger charge is 2.50. The second-order valence-electron chi connectivity index (χ2n) is 7.84. The number of hydrogen-bond acceptors (Lipinski definition) is 7. The topological polar surface area (TPSA) is 111 Å². The SMILES string of the molecule is COc1ccc(OS(=O)(=O)C(F)(F)F)c(-c2cccc(C3(c4ccccc4)N=C(N)N(C)C3=O)c2)c1.Cl. The van der Waals surface area contributed by atoms with Crippen molar-refractivity contribution in [2.75, 3.05) is 14.2 Å². The van der Waals surface area contributed by atoms with Crippen molar-refractivity contribution in [3.8, 4) is 22.6 Å². The van der Waals surface area contributed by atoms with Gasteiger partial charge in [-0.1, -0.05) is 48.5 Å². The van der Waals surface area contributed by atoms with Gasteiger partial charge in [0, 0.05) is 12.6 Å². The van der Waals surface area contributed by atoms with Crippen molar-refractivity contribution in [2.24, 2.45) is 10.7 Å². The Labute approximate surface area is 217 Å². The summed E-state index contributed by atoms with van der Waals surface area (Å²) in [4.78, 5) is 19.1. The van der Waals surface area contributed by atoms with Gasteiger partial charge in [-0.05, 0) is 41.0 Å². The molecule has 1 heterocycles. The Hall–Kier alpha value is -3.77. The van der Waals surface area contributed by atoms with Crippen LogP contribution in [0.2, 0.25) is 0 Å². The number of halogens is 4. The lowest BCUT2D eigenvalue weighted by molar-refractivity contribution is -0.129. The zero-order valence-electron chi connectivity index (χ0n) is 19.4. The molecule has 0 radical (unpaired) electrons. The van der Waals surface area contributed by atoms with Crippen molar-refractivity contribution in [3.05, 3.63) is 83.9 Å². The van der Waals surface area contributed by atoms with Gasteiger partial charge in [0.25, 0.3) is 5.91 Å². The van der Waals surface area contributed by atoms with E-state index in [0.717, 1.165) is 6.07 Å². The Kier molecular flexibility index (Phi) is 7.47. The Morgan fingerprint density at radius 2 is 1.62 bits per heavy atom. The third-order valence-electron chi connectivity index (χ3n) is 5.69. The fraction of sp³-hybridized carbons (Fsp3) is 0.167. The first-order chi connectivity index (χ1) is 16.9. The molecule has 8 nitrogen and oxygen atoms in total. The number of rotatable bonds is 6. The summed E-state index contributed by atoms with van der Waals surface area (Å²) in [6.07, 6.45) is 0. The summed E-state index contributed by atoms with van der Waals surface area (Å²) in [5.41, 5.74) is -0.0883. The molecule has 0 bridgehead atoms. The van der Waals surface area contributed by atoms with Crippen LogP contribution in [0.4, 0.5) is 13.2 Å². The summed E-state index contributed by atoms with van der Waals surface area (Å²) in [6, 6.07) is 18.5. The van der Waals surface area contributed by atoms with E-state index in [1.807, 2.05) is 0 Å². The van der Waals surface area contributed by atoms with Gasteiger partial charge in [-0.15, -0.1) is 12.4 Å². The van der Waals surface area contributed by atoms with Crippen LogP contribution in [0.1, 0.15) is 11.1 Å². The molecule has 1 amide bonds. The predicted molar refractivity (Wildman–Crippen MR) is 133 cm³/mol. The molecule has 0 aliphatic carbocycles. The second kappa shape index (κ2) is 9.94. The van der Waals surface area contributed by atoms with Crippen molar-refractivity contribution < 1.29 is 35.3 Å². The van der Waals surface area contributed by atoms with E-state index in [1.165, 1.54) is 43.3 Å². The van der Waals surface area contributed by atoms with Crippen LogP contribution in [0.25, 0.3) is 11.1 Å². The number of methoxy groups -OCH3 is 1. The van der Waals surface area contributed by atoms with E-state index in [2.05, 4.69) is 9.18 Å². The van der Waals surface area contributed by atoms with Crippen LogP contribution < -0.4 is 14.7 Å². The summed E-state index contributed by atoms with van der Waals surface area (Å²) in [5, 5.41) is 0. The van der Waals surface area contributed by atoms with E-state index >= 15 is 0 Å². The molecule has 1 aliphatic rings. The van der Waals surface area contributed by atoms with E-state index in [0.29, 0.717) is 11.1 Å². The minimum Gasteiger partial charge on any atom is -0.497 e. The van der Waals surface area contributed by atoms with Crippen molar-refractivity contribution in [1.82, 2.24) is 4.90 Å². The predicted octanol–water partition coefficient (Wildman–Crippen LogP) is 4.04. The second-order valence-corrected chi connectivity index (χ2v) is 9.37. The molecule has 3 aromatic carbocycles. The average Bonchev–Trinajstić information content (AvgIpc) is 3.08. The van der Waals surface area contributed by atoms with Gasteiger partial charge in [-0.2, -0.15) is 21.6 Å². The third kappa shape index (κ3) is 4.81. The molecule has 1 aliphatic heterocycles. The quantitative estimate of drug-likeness (QED) is 0.363. The monoisotopic (exact) mass is 555 g/mol. The van der Waals surface area contributed by atoms with Crippen LogP contribution in [0.3, 0.4) is 0 Å². The molecule has 196 valence electrons. The maximum absolute atomic E-state index is 13.4. The van der Waals surface area contributed by atoms with Crippen molar-refractivity contribution >= 4 is 34.4 Å². The lowest BCUT2D eigenvalue weighted by Crippen LogP contribution is -2.41. The number of nitrogens with zero attached hydrogens (tertiary/aromatic N) is 2. The Morgan fingerprint density at radius 1 is 0.973 bits per heavy atom. The molecule has 0 aromatic heterocycles. The Morgan fingerprint density at radius 3 is 2.19 bits per heavy atom. The molecule has 13 heteroatoms. The summed E-state index contributed by atoms with van der Waals surface area (Å²) < 4.78 is 72.1. The van der Waals surface area contributed by atoms with Crippen molar-refractivity contribution in [2.45, 2.75) is 11.0 Å². The number of guanidine groups is 1. The lowest BCUT2D eigenvalue weighted by atomic mass is 9.81. The number of nitrogens with two attached hydrogens (primary N) is 1. The molecule has 0 saturated heterocycles. The summed E-state index contributed by atoms with van der Waals surface area (Å²) in [5.74, 6) is -0.790. The highest BCUT2D eigenvalue weighted by atomic mass is 35.5. The number of alkyl halides is 3. The Balaban J connectivity index is 0.00000380. The molecular weight excluding hydrogens is 535 g/mol. The highest BCUT2D eigenvalue weighted by Crippen LogP contribution is 2.42. The fourth-order valence-corrected chi connectivity index (χ4v) is 4.35. The van der Waals surface area contributed by atoms with Crippen LogP contribution in [0.15, 0.2) is 77.8 Å². The molecule has 0 saturated carbocycles. The standard InChI is InChI=1S/C24H20F3N3O5S.ClH/c1-30-21(31)23(29-22(30)28,16-8-4-3-5-9-16)17-10-6-7-15(13-17)19-14-18(34-2)11-12-20(19)35-36(32,33)24(25,26)27;/h3-14H,1-2H3,(H2,28,29);1H. The normalized spacial score (nSPS) is 17.7. The molecule has 3 aromatic rings. The van der Waals surface area contributed by atoms with Gasteiger partial charge in [-0.3, -0.25) is 9.69 Å². The van der Waals surface area contributed by atoms with Gasteiger partial charge < -0.3 is 14.7 Å². The summed E-state index contributed by atoms with van der Waals surface area (Å²) in [7, 11) is -3.12. The maximum Gasteiger partial charge on any atom is 0.534 e. The number of hydrogen-bond donors (Lipinski definition) is 1. The first-order valence-electron chi connectivity index (χ1n) is 10.4. The van der Waals surface area contributed by atoms with Crippen LogP contribution in [0.5, 0.6) is 11.5 Å². The molecule has 37 heavy (non-hydrogen) atoms. The molecule has 1 unspecified atom stereocenters. The lowest BCUT2D eigenvalue weighted by Gasteiger charge is -2.26. The minimum absolute atomic E-state index is 0. The molecule has 2 N–H and O–H groups in total. The van der Waals surface area contributed by atoms with Crippen LogP contribution in [0, 0.1) is 0 Å². The number of amides is 1. The van der Waals surface area contributed by atoms with E-state index in [1.54, 1.807) is 42.5 Å². The number of carbonyl (C=O) groups excluding carboxylic acids is 1. The van der Waals surface area contributed by atoms with E-state index in [4.69, 9.17) is 10.5 Å². The van der Waals surface area contributed by atoms with Crippen molar-refractivity contribution in [1.29, 1.82) is 0 Å². The van der Waals surface area contributed by atoms with Gasteiger partial charge in [0.15, 0.2) is 17.2 Å². The fourth-order valence-electron chi connectivity index (χ4n) is 3.88. The Bertz CT molecular complexity index is 1470. The number of aliphatic imine (C=N–C) groups is 1. The van der Waals surface area contributed by atoms with Gasteiger partial charge in [-0.25, -0.2) is 4.99 Å². The molecular formula is C24H21ClF3N3O5S. The van der Waals surface area contributed by atoms with Gasteiger partial charge in [0.05, 0.1) is 7.11 Å². The number of carbonyl (C=O) groups is 1. The largest absolute Gasteiger partial charge is 0.534 e. The van der Waals surface area contributed by atoms with E-state index in [9.17, 15) is 26.4 Å². The van der Waals surface area contributed by atoms with Gasteiger partial charge in [0.1, 0.15) is 5.75 Å². The van der Waals surface area contributed by atoms with Crippen LogP contribution in [-0.4, -0.2) is 44.9 Å². The van der Waals surface area contributed by atoms with Crippen LogP contribution >= 0.6 is 12.4 Å². The van der Waals surface area contributed by atoms with Gasteiger partial charge >= 0.3 is 15.6 Å². The maximum atomic E-state index is 13.4. The zero-order chi connectivity index (χ0) is 26.3. The third-order valence-corrected chi connectivity index (χ3v) is 6.66. The molecule has 1 atom stereocenters. The zero-order valence-corrected chi connectivity index (χ0v) is 21.0. The first-order valence-corrected chi connectivity index (χ1v) is 11.8. The van der Waals surface area contributed by atoms with E-state index < -0.39 is 32.8 Å². The number of ether oxygens (including phenoxy) is 1.